The SMILES string of the molecule is O=C1[C@@H](NS(=O)(=O)c2ccc3ccc(Cl)cc3c2)CCCN1CC(=O)N1CCC[C@H]1CN1CCCC1. The van der Waals surface area contributed by atoms with Crippen LogP contribution < -0.4 is 4.72 Å². The van der Waals surface area contributed by atoms with E-state index in [4.69, 9.17) is 11.6 Å². The van der Waals surface area contributed by atoms with Gasteiger partial charge >= 0.3 is 0 Å². The summed E-state index contributed by atoms with van der Waals surface area (Å²) in [6.07, 6.45) is 5.45. The van der Waals surface area contributed by atoms with Crippen molar-refractivity contribution in [1.29, 1.82) is 0 Å². The van der Waals surface area contributed by atoms with Crippen molar-refractivity contribution < 1.29 is 18.0 Å². The Hall–Kier alpha value is -2.20. The third-order valence-corrected chi connectivity index (χ3v) is 9.31. The lowest BCUT2D eigenvalue weighted by atomic mass is 10.1. The maximum atomic E-state index is 13.2. The predicted octanol–water partition coefficient (Wildman–Crippen LogP) is 2.85. The lowest BCUT2D eigenvalue weighted by Gasteiger charge is -2.34. The molecule has 10 heteroatoms. The first kappa shape index (κ1) is 25.4. The maximum absolute atomic E-state index is 13.2. The molecule has 3 heterocycles. The van der Waals surface area contributed by atoms with E-state index in [9.17, 15) is 18.0 Å². The molecule has 2 aromatic carbocycles. The van der Waals surface area contributed by atoms with E-state index >= 15 is 0 Å². The van der Waals surface area contributed by atoms with Crippen molar-refractivity contribution in [3.05, 3.63) is 41.4 Å². The molecule has 0 aromatic heterocycles. The van der Waals surface area contributed by atoms with Gasteiger partial charge in [-0.3, -0.25) is 9.59 Å². The van der Waals surface area contributed by atoms with E-state index < -0.39 is 16.1 Å². The molecule has 36 heavy (non-hydrogen) atoms. The fourth-order valence-electron chi connectivity index (χ4n) is 5.70. The van der Waals surface area contributed by atoms with Crippen molar-refractivity contribution in [2.75, 3.05) is 39.3 Å². The fourth-order valence-corrected chi connectivity index (χ4v) is 7.14. The molecule has 0 bridgehead atoms. The largest absolute Gasteiger partial charge is 0.337 e. The minimum atomic E-state index is -3.93. The molecule has 3 aliphatic heterocycles. The summed E-state index contributed by atoms with van der Waals surface area (Å²) in [6.45, 7) is 4.27. The van der Waals surface area contributed by atoms with Crippen LogP contribution in [0.5, 0.6) is 0 Å². The van der Waals surface area contributed by atoms with Crippen molar-refractivity contribution in [2.45, 2.75) is 55.5 Å². The van der Waals surface area contributed by atoms with E-state index in [1.54, 1.807) is 24.3 Å². The molecular formula is C26H33ClN4O4S. The summed E-state index contributed by atoms with van der Waals surface area (Å²) in [4.78, 5) is 32.3. The quantitative estimate of drug-likeness (QED) is 0.592. The molecule has 2 amide bonds. The zero-order valence-electron chi connectivity index (χ0n) is 20.4. The van der Waals surface area contributed by atoms with E-state index in [-0.39, 0.29) is 29.3 Å². The third kappa shape index (κ3) is 5.54. The van der Waals surface area contributed by atoms with Gasteiger partial charge in [0.2, 0.25) is 21.8 Å². The van der Waals surface area contributed by atoms with E-state index in [1.807, 2.05) is 11.0 Å². The molecule has 8 nitrogen and oxygen atoms in total. The van der Waals surface area contributed by atoms with E-state index in [0.29, 0.717) is 29.8 Å². The predicted molar refractivity (Wildman–Crippen MR) is 139 cm³/mol. The van der Waals surface area contributed by atoms with Gasteiger partial charge in [-0.25, -0.2) is 8.42 Å². The lowest BCUT2D eigenvalue weighted by molar-refractivity contribution is -0.143. The van der Waals surface area contributed by atoms with Gasteiger partial charge in [-0.15, -0.1) is 0 Å². The second kappa shape index (κ2) is 10.7. The molecule has 194 valence electrons. The highest BCUT2D eigenvalue weighted by Gasteiger charge is 2.36. The van der Waals surface area contributed by atoms with Gasteiger partial charge < -0.3 is 14.7 Å². The topological polar surface area (TPSA) is 90.0 Å². The molecule has 0 saturated carbocycles. The second-order valence-corrected chi connectivity index (χ2v) is 12.3. The Bertz CT molecular complexity index is 1250. The number of amides is 2. The molecule has 0 radical (unpaired) electrons. The van der Waals surface area contributed by atoms with Crippen LogP contribution in [-0.4, -0.2) is 86.3 Å². The summed E-state index contributed by atoms with van der Waals surface area (Å²) in [5.74, 6) is -0.378. The number of nitrogens with one attached hydrogen (secondary N) is 1. The molecule has 0 spiro atoms. The Morgan fingerprint density at radius 2 is 1.69 bits per heavy atom. The summed E-state index contributed by atoms with van der Waals surface area (Å²) in [6, 6.07) is 9.43. The normalized spacial score (nSPS) is 23.6. The van der Waals surface area contributed by atoms with Crippen molar-refractivity contribution in [1.82, 2.24) is 19.4 Å². The number of likely N-dealkylation sites (tertiary alicyclic amines) is 3. The molecule has 3 aliphatic rings. The van der Waals surface area contributed by atoms with Crippen LogP contribution >= 0.6 is 11.6 Å². The van der Waals surface area contributed by atoms with Crippen LogP contribution in [-0.2, 0) is 19.6 Å². The highest BCUT2D eigenvalue weighted by Crippen LogP contribution is 2.24. The summed E-state index contributed by atoms with van der Waals surface area (Å²) in [5.41, 5.74) is 0. The number of hydrogen-bond donors (Lipinski definition) is 1. The van der Waals surface area contributed by atoms with Crippen LogP contribution in [0.3, 0.4) is 0 Å². The minimum absolute atomic E-state index is 0.00202. The average molecular weight is 533 g/mol. The van der Waals surface area contributed by atoms with Gasteiger partial charge in [0, 0.05) is 30.7 Å². The van der Waals surface area contributed by atoms with Crippen LogP contribution in [0.2, 0.25) is 5.02 Å². The number of nitrogens with zero attached hydrogens (tertiary/aromatic N) is 3. The number of benzene rings is 2. The number of fused-ring (bicyclic) bond motifs is 1. The highest BCUT2D eigenvalue weighted by atomic mass is 35.5. The Morgan fingerprint density at radius 1 is 0.944 bits per heavy atom. The summed E-state index contributed by atoms with van der Waals surface area (Å²) < 4.78 is 28.8. The zero-order valence-corrected chi connectivity index (χ0v) is 21.9. The van der Waals surface area contributed by atoms with Gasteiger partial charge in [0.05, 0.1) is 11.4 Å². The fraction of sp³-hybridized carbons (Fsp3) is 0.538. The minimum Gasteiger partial charge on any atom is -0.337 e. The number of sulfonamides is 1. The summed E-state index contributed by atoms with van der Waals surface area (Å²) in [5, 5.41) is 2.11. The van der Waals surface area contributed by atoms with Gasteiger partial charge in [0.25, 0.3) is 0 Å². The Kier molecular flexibility index (Phi) is 7.53. The highest BCUT2D eigenvalue weighted by molar-refractivity contribution is 7.89. The Morgan fingerprint density at radius 3 is 2.50 bits per heavy atom. The summed E-state index contributed by atoms with van der Waals surface area (Å²) in [7, 11) is -3.93. The molecule has 3 fully saturated rings. The molecule has 2 atom stereocenters. The number of rotatable bonds is 7. The van der Waals surface area contributed by atoms with E-state index in [0.717, 1.165) is 44.4 Å². The summed E-state index contributed by atoms with van der Waals surface area (Å²) >= 11 is 6.07. The van der Waals surface area contributed by atoms with Crippen molar-refractivity contribution >= 4 is 44.2 Å². The second-order valence-electron chi connectivity index (χ2n) is 10.1. The standard InChI is InChI=1S/C26H33ClN4O4S/c27-21-9-7-19-8-10-23(16-20(19)15-21)36(34,35)28-24-6-4-13-30(26(24)33)18-25(32)31-14-3-5-22(31)17-29-11-1-2-12-29/h7-10,15-16,22,24,28H,1-6,11-14,17-18H2/t22-,24-/m0/s1. The Balaban J connectivity index is 1.23. The van der Waals surface area contributed by atoms with Crippen molar-refractivity contribution in [2.24, 2.45) is 0 Å². The van der Waals surface area contributed by atoms with Gasteiger partial charge in [-0.1, -0.05) is 23.7 Å². The number of halogens is 1. The van der Waals surface area contributed by atoms with Crippen LogP contribution in [0.4, 0.5) is 0 Å². The average Bonchev–Trinajstić information content (AvgIpc) is 3.53. The van der Waals surface area contributed by atoms with E-state index in [2.05, 4.69) is 9.62 Å². The van der Waals surface area contributed by atoms with Crippen LogP contribution in [0.1, 0.15) is 38.5 Å². The van der Waals surface area contributed by atoms with Crippen molar-refractivity contribution in [3.63, 3.8) is 0 Å². The van der Waals surface area contributed by atoms with E-state index in [1.165, 1.54) is 23.8 Å². The van der Waals surface area contributed by atoms with Crippen LogP contribution in [0.15, 0.2) is 41.3 Å². The van der Waals surface area contributed by atoms with Gasteiger partial charge in [0.15, 0.2) is 0 Å². The van der Waals surface area contributed by atoms with Crippen molar-refractivity contribution in [3.8, 4) is 0 Å². The zero-order chi connectivity index (χ0) is 25.3. The molecular weight excluding hydrogens is 500 g/mol. The third-order valence-electron chi connectivity index (χ3n) is 7.60. The van der Waals surface area contributed by atoms with Crippen LogP contribution in [0, 0.1) is 0 Å². The first-order valence-corrected chi connectivity index (χ1v) is 14.7. The lowest BCUT2D eigenvalue weighted by Crippen LogP contribution is -2.55. The number of piperidine rings is 1. The van der Waals surface area contributed by atoms with Gasteiger partial charge in [-0.2, -0.15) is 4.72 Å². The first-order chi connectivity index (χ1) is 17.3. The smallest absolute Gasteiger partial charge is 0.242 e. The van der Waals surface area contributed by atoms with Crippen LogP contribution in [0.25, 0.3) is 10.8 Å². The molecule has 1 N–H and O–H groups in total. The number of carbonyl (C=O) groups excluding carboxylic acids is 2. The molecule has 3 saturated heterocycles. The Labute approximate surface area is 217 Å². The molecule has 0 aliphatic carbocycles. The monoisotopic (exact) mass is 532 g/mol. The number of carbonyl (C=O) groups is 2. The molecule has 0 unspecified atom stereocenters. The maximum Gasteiger partial charge on any atom is 0.242 e. The van der Waals surface area contributed by atoms with Gasteiger partial charge in [-0.05, 0) is 86.7 Å². The molecule has 2 aromatic rings. The number of hydrogen-bond acceptors (Lipinski definition) is 5. The molecule has 5 rings (SSSR count). The first-order valence-electron chi connectivity index (χ1n) is 12.8. The van der Waals surface area contributed by atoms with Gasteiger partial charge in [0.1, 0.15) is 6.04 Å².